The van der Waals surface area contributed by atoms with E-state index in [2.05, 4.69) is 39.6 Å². The van der Waals surface area contributed by atoms with E-state index in [-0.39, 0.29) is 23.9 Å². The number of aryl methyl sites for hydroxylation is 2. The van der Waals surface area contributed by atoms with E-state index in [1.165, 1.54) is 0 Å². The van der Waals surface area contributed by atoms with E-state index >= 15 is 0 Å². The first-order chi connectivity index (χ1) is 23.7. The molecule has 6 aromatic rings. The molecule has 0 aliphatic rings. The molecule has 250 valence electrons. The van der Waals surface area contributed by atoms with Crippen LogP contribution in [0.1, 0.15) is 56.3 Å². The van der Waals surface area contributed by atoms with Gasteiger partial charge in [0.1, 0.15) is 0 Å². The second kappa shape index (κ2) is 15.1. The Hall–Kier alpha value is -4.89. The second-order valence-electron chi connectivity index (χ2n) is 12.1. The van der Waals surface area contributed by atoms with Crippen LogP contribution in [0.25, 0.3) is 10.9 Å². The Morgan fingerprint density at radius 1 is 0.796 bits per heavy atom. The molecule has 1 aromatic heterocycles. The Balaban J connectivity index is 1.40. The maximum atomic E-state index is 13.3. The Bertz CT molecular complexity index is 2130. The number of aromatic carboxylic acids is 1. The Morgan fingerprint density at radius 2 is 1.43 bits per heavy atom. The lowest BCUT2D eigenvalue weighted by atomic mass is 9.97. The van der Waals surface area contributed by atoms with E-state index in [0.29, 0.717) is 29.1 Å². The van der Waals surface area contributed by atoms with Gasteiger partial charge in [0.2, 0.25) is 10.0 Å². The van der Waals surface area contributed by atoms with E-state index in [9.17, 15) is 18.3 Å². The summed E-state index contributed by atoms with van der Waals surface area (Å²) in [4.78, 5) is 11.4. The quantitative estimate of drug-likeness (QED) is 0.100. The molecule has 0 saturated carbocycles. The molecule has 6 rings (SSSR count). The molecule has 9 heteroatoms. The van der Waals surface area contributed by atoms with Gasteiger partial charge in [0.25, 0.3) is 0 Å². The molecular weight excluding hydrogens is 654 g/mol. The smallest absolute Gasteiger partial charge is 0.335 e. The first-order valence-electron chi connectivity index (χ1n) is 16.2. The van der Waals surface area contributed by atoms with Gasteiger partial charge in [-0.2, -0.15) is 0 Å². The van der Waals surface area contributed by atoms with Crippen LogP contribution in [0.3, 0.4) is 0 Å². The first-order valence-corrected chi connectivity index (χ1v) is 18.3. The molecule has 1 heterocycles. The van der Waals surface area contributed by atoms with E-state index in [0.717, 1.165) is 51.7 Å². The molecule has 4 N–H and O–H groups in total. The lowest BCUT2D eigenvalue weighted by molar-refractivity contribution is 0.0697. The molecule has 5 aromatic carbocycles. The number of fused-ring (bicyclic) bond motifs is 1. The minimum atomic E-state index is -3.68. The summed E-state index contributed by atoms with van der Waals surface area (Å²) < 4.78 is 31.7. The van der Waals surface area contributed by atoms with Crippen molar-refractivity contribution in [3.63, 3.8) is 0 Å². The van der Waals surface area contributed by atoms with Gasteiger partial charge in [-0.25, -0.2) is 17.9 Å². The minimum Gasteiger partial charge on any atom is -0.478 e. The van der Waals surface area contributed by atoms with Crippen LogP contribution in [0.4, 0.5) is 5.69 Å². The lowest BCUT2D eigenvalue weighted by Crippen LogP contribution is -2.28. The molecule has 7 nitrogen and oxygen atoms in total. The predicted octanol–water partition coefficient (Wildman–Crippen LogP) is 8.05. The topological polar surface area (TPSA) is 114 Å². The Kier molecular flexibility index (Phi) is 10.5. The summed E-state index contributed by atoms with van der Waals surface area (Å²) >= 11 is 6.63. The normalized spacial score (nSPS) is 11.7. The van der Waals surface area contributed by atoms with E-state index in [1.54, 1.807) is 36.4 Å². The zero-order valence-electron chi connectivity index (χ0n) is 26.9. The number of sulfonamides is 1. The molecule has 0 atom stereocenters. The monoisotopic (exact) mass is 691 g/mol. The van der Waals surface area contributed by atoms with E-state index < -0.39 is 16.0 Å². The number of anilines is 1. The number of nitrogens with two attached hydrogens (primary N) is 1. The van der Waals surface area contributed by atoms with Crippen LogP contribution in [0, 0.1) is 0 Å². The number of halogens is 1. The highest BCUT2D eigenvalue weighted by Gasteiger charge is 2.26. The number of nitrogen functional groups attached to an aromatic ring is 1. The number of nitrogens with zero attached hydrogens (tertiary/aromatic N) is 1. The van der Waals surface area contributed by atoms with E-state index in [1.807, 2.05) is 60.7 Å². The average Bonchev–Trinajstić information content (AvgIpc) is 3.38. The second-order valence-corrected chi connectivity index (χ2v) is 14.4. The third-order valence-corrected chi connectivity index (χ3v) is 10.4. The summed E-state index contributed by atoms with van der Waals surface area (Å²) in [6, 6.07) is 40.4. The molecule has 49 heavy (non-hydrogen) atoms. The zero-order chi connectivity index (χ0) is 34.4. The third-order valence-electron chi connectivity index (χ3n) is 8.85. The lowest BCUT2D eigenvalue weighted by Gasteiger charge is -2.25. The van der Waals surface area contributed by atoms with Crippen molar-refractivity contribution < 1.29 is 18.3 Å². The molecule has 0 unspecified atom stereocenters. The van der Waals surface area contributed by atoms with Gasteiger partial charge in [0, 0.05) is 40.3 Å². The van der Waals surface area contributed by atoms with Crippen LogP contribution in [-0.4, -0.2) is 30.6 Å². The van der Waals surface area contributed by atoms with Crippen molar-refractivity contribution in [3.05, 3.63) is 171 Å². The third kappa shape index (κ3) is 8.05. The fourth-order valence-electron chi connectivity index (χ4n) is 6.54. The highest BCUT2D eigenvalue weighted by Crippen LogP contribution is 2.38. The SMILES string of the molecule is Nc1ccccc1CS(=O)(=O)NCCc1c(CCCc2ccc(C(=O)O)cc2)c2cc(Cl)ccc2n1C(c1ccccc1)c1ccccc1. The van der Waals surface area contributed by atoms with Crippen LogP contribution in [0.2, 0.25) is 5.02 Å². The molecule has 0 spiro atoms. The maximum absolute atomic E-state index is 13.3. The van der Waals surface area contributed by atoms with E-state index in [4.69, 9.17) is 17.3 Å². The molecule has 0 aliphatic carbocycles. The number of carboxylic acid groups (broad SMARTS) is 1. The molecule has 0 bridgehead atoms. The molecule has 0 amide bonds. The number of carboxylic acids is 1. The van der Waals surface area contributed by atoms with Crippen LogP contribution < -0.4 is 10.5 Å². The van der Waals surface area contributed by atoms with Gasteiger partial charge in [0.15, 0.2) is 0 Å². The number of aromatic nitrogens is 1. The standard InChI is InChI=1S/C40H38ClN3O4S/c41-33-22-23-37-35(26-33)34(16-9-10-28-18-20-31(21-19-28)40(45)46)38(24-25-43-49(47,48)27-32-15-7-8-17-36(32)42)44(37)39(29-11-3-1-4-12-29)30-13-5-2-6-14-30/h1-8,11-15,17-23,26,39,43H,9-10,16,24-25,27,42H2,(H,45,46). The van der Waals surface area contributed by atoms with Crippen molar-refractivity contribution >= 4 is 44.2 Å². The molecule has 0 aliphatic heterocycles. The van der Waals surface area contributed by atoms with Crippen LogP contribution in [0.5, 0.6) is 0 Å². The van der Waals surface area contributed by atoms with Gasteiger partial charge in [-0.1, -0.05) is 103 Å². The largest absolute Gasteiger partial charge is 0.478 e. The summed E-state index contributed by atoms with van der Waals surface area (Å²) in [6.07, 6.45) is 2.70. The molecule has 0 saturated heterocycles. The van der Waals surface area contributed by atoms with Gasteiger partial charge in [-0.15, -0.1) is 0 Å². The average molecular weight is 692 g/mol. The van der Waals surface area contributed by atoms with Crippen molar-refractivity contribution in [2.75, 3.05) is 12.3 Å². The molecular formula is C40H38ClN3O4S. The number of benzene rings is 5. The van der Waals surface area contributed by atoms with Crippen molar-refractivity contribution in [2.45, 2.75) is 37.5 Å². The highest BCUT2D eigenvalue weighted by molar-refractivity contribution is 7.88. The fourth-order valence-corrected chi connectivity index (χ4v) is 7.90. The number of nitrogens with one attached hydrogen (secondary N) is 1. The van der Waals surface area contributed by atoms with Crippen LogP contribution >= 0.6 is 11.6 Å². The van der Waals surface area contributed by atoms with Gasteiger partial charge >= 0.3 is 5.97 Å². The van der Waals surface area contributed by atoms with Gasteiger partial charge in [-0.05, 0) is 83.5 Å². The molecule has 0 fully saturated rings. The fraction of sp³-hybridized carbons (Fsp3) is 0.175. The summed E-state index contributed by atoms with van der Waals surface area (Å²) in [5, 5.41) is 11.0. The van der Waals surface area contributed by atoms with Crippen molar-refractivity contribution in [2.24, 2.45) is 0 Å². The summed E-state index contributed by atoms with van der Waals surface area (Å²) in [5.41, 5.74) is 13.7. The van der Waals surface area contributed by atoms with Crippen LogP contribution in [0.15, 0.2) is 127 Å². The number of para-hydroxylation sites is 1. The van der Waals surface area contributed by atoms with Gasteiger partial charge < -0.3 is 15.4 Å². The van der Waals surface area contributed by atoms with Crippen molar-refractivity contribution in [1.29, 1.82) is 0 Å². The number of carbonyl (C=O) groups is 1. The molecule has 0 radical (unpaired) electrons. The predicted molar refractivity (Wildman–Crippen MR) is 198 cm³/mol. The van der Waals surface area contributed by atoms with Gasteiger partial charge in [0.05, 0.1) is 17.4 Å². The Labute approximate surface area is 292 Å². The zero-order valence-corrected chi connectivity index (χ0v) is 28.5. The maximum Gasteiger partial charge on any atom is 0.335 e. The van der Waals surface area contributed by atoms with Crippen molar-refractivity contribution in [3.8, 4) is 0 Å². The first kappa shape index (κ1) is 34.0. The number of hydrogen-bond donors (Lipinski definition) is 3. The summed E-state index contributed by atoms with van der Waals surface area (Å²) in [6.45, 7) is 0.194. The summed E-state index contributed by atoms with van der Waals surface area (Å²) in [7, 11) is -3.68. The Morgan fingerprint density at radius 3 is 2.06 bits per heavy atom. The number of rotatable bonds is 14. The number of hydrogen-bond acceptors (Lipinski definition) is 4. The van der Waals surface area contributed by atoms with Crippen LogP contribution in [-0.2, 0) is 35.0 Å². The summed E-state index contributed by atoms with van der Waals surface area (Å²) in [5.74, 6) is -1.15. The highest BCUT2D eigenvalue weighted by atomic mass is 35.5. The van der Waals surface area contributed by atoms with Crippen molar-refractivity contribution in [1.82, 2.24) is 9.29 Å². The minimum absolute atomic E-state index is 0.181. The van der Waals surface area contributed by atoms with Gasteiger partial charge in [-0.3, -0.25) is 0 Å².